The molecule has 0 saturated carbocycles. The minimum atomic E-state index is -3.97. The summed E-state index contributed by atoms with van der Waals surface area (Å²) in [5.74, 6) is 0. The van der Waals surface area contributed by atoms with Crippen LogP contribution in [0, 0.1) is 6.92 Å². The molecule has 0 spiro atoms. The molecular weight excluding hydrogens is 364 g/mol. The van der Waals surface area contributed by atoms with E-state index in [0.717, 1.165) is 4.68 Å². The maximum absolute atomic E-state index is 12.6. The lowest BCUT2D eigenvalue weighted by molar-refractivity contribution is 0.121. The van der Waals surface area contributed by atoms with Crippen molar-refractivity contribution < 1.29 is 17.2 Å². The monoisotopic (exact) mass is 375 g/mol. The van der Waals surface area contributed by atoms with Crippen LogP contribution in [0.5, 0.6) is 0 Å². The number of hydrogen-bond donors (Lipinski definition) is 2. The Kier molecular flexibility index (Phi) is 4.18. The van der Waals surface area contributed by atoms with Crippen LogP contribution in [0.15, 0.2) is 29.6 Å². The highest BCUT2D eigenvalue weighted by atomic mass is 35.5. The lowest BCUT2D eigenvalue weighted by Gasteiger charge is -2.08. The van der Waals surface area contributed by atoms with Gasteiger partial charge in [0.25, 0.3) is 16.4 Å². The van der Waals surface area contributed by atoms with Crippen molar-refractivity contribution in [3.8, 4) is 0 Å². The number of halogens is 3. The molecule has 0 bridgehead atoms. The van der Waals surface area contributed by atoms with Gasteiger partial charge >= 0.3 is 0 Å². The lowest BCUT2D eigenvalue weighted by Crippen LogP contribution is -2.14. The van der Waals surface area contributed by atoms with E-state index in [-0.39, 0.29) is 16.3 Å². The summed E-state index contributed by atoms with van der Waals surface area (Å²) in [6.07, 6.45) is 1.28. The van der Waals surface area contributed by atoms with Crippen LogP contribution in [0.1, 0.15) is 5.69 Å². The van der Waals surface area contributed by atoms with Gasteiger partial charge in [-0.15, -0.1) is 0 Å². The summed E-state index contributed by atoms with van der Waals surface area (Å²) < 4.78 is 53.5. The Labute approximate surface area is 140 Å². The first-order valence-corrected chi connectivity index (χ1v) is 8.60. The van der Waals surface area contributed by atoms with Gasteiger partial charge in [0.1, 0.15) is 17.1 Å². The van der Waals surface area contributed by atoms with Crippen molar-refractivity contribution in [2.75, 3.05) is 4.72 Å². The molecule has 3 rings (SSSR count). The van der Waals surface area contributed by atoms with E-state index in [1.165, 1.54) is 31.6 Å². The van der Waals surface area contributed by atoms with Crippen LogP contribution in [0.25, 0.3) is 11.0 Å². The summed E-state index contributed by atoms with van der Waals surface area (Å²) in [6, 6.07) is 1.47. The van der Waals surface area contributed by atoms with Crippen LogP contribution >= 0.6 is 11.6 Å². The number of H-pyrrole nitrogens is 1. The van der Waals surface area contributed by atoms with Gasteiger partial charge in [-0.05, 0) is 13.0 Å². The molecule has 2 N–H and O–H groups in total. The zero-order valence-corrected chi connectivity index (χ0v) is 13.9. The fourth-order valence-corrected chi connectivity index (χ4v) is 3.65. The summed E-state index contributed by atoms with van der Waals surface area (Å²) in [7, 11) is -3.97. The van der Waals surface area contributed by atoms with Crippen molar-refractivity contribution in [1.82, 2.24) is 19.7 Å². The van der Waals surface area contributed by atoms with E-state index < -0.39 is 23.0 Å². The van der Waals surface area contributed by atoms with E-state index >= 15 is 0 Å². The third-order valence-electron chi connectivity index (χ3n) is 3.41. The van der Waals surface area contributed by atoms with Gasteiger partial charge in [-0.3, -0.25) is 9.40 Å². The van der Waals surface area contributed by atoms with Crippen LogP contribution in [0.3, 0.4) is 0 Å². The van der Waals surface area contributed by atoms with Crippen molar-refractivity contribution in [3.63, 3.8) is 0 Å². The topological polar surface area (TPSA) is 92.7 Å². The second-order valence-corrected chi connectivity index (χ2v) is 7.11. The third-order valence-corrected chi connectivity index (χ3v) is 5.02. The molecule has 3 heterocycles. The highest BCUT2D eigenvalue weighted by Gasteiger charge is 2.22. The van der Waals surface area contributed by atoms with Crippen LogP contribution < -0.4 is 4.72 Å². The maximum Gasteiger partial charge on any atom is 0.264 e. The maximum atomic E-state index is 12.6. The smallest absolute Gasteiger partial charge is 0.264 e. The molecule has 0 saturated heterocycles. The molecule has 0 radical (unpaired) electrons. The second-order valence-electron chi connectivity index (χ2n) is 5.02. The number of nitrogens with one attached hydrogen (secondary N) is 2. The number of fused-ring (bicyclic) bond motifs is 1. The largest absolute Gasteiger partial charge is 0.345 e. The number of alkyl halides is 2. The zero-order chi connectivity index (χ0) is 17.5. The van der Waals surface area contributed by atoms with Gasteiger partial charge in [0, 0.05) is 17.8 Å². The normalized spacial score (nSPS) is 12.2. The second kappa shape index (κ2) is 6.02. The lowest BCUT2D eigenvalue weighted by atomic mass is 10.3. The quantitative estimate of drug-likeness (QED) is 0.717. The minimum Gasteiger partial charge on any atom is -0.345 e. The summed E-state index contributed by atoms with van der Waals surface area (Å²) in [5, 5.41) is 4.38. The zero-order valence-electron chi connectivity index (χ0n) is 12.3. The molecule has 128 valence electrons. The molecule has 11 heteroatoms. The third kappa shape index (κ3) is 3.06. The van der Waals surface area contributed by atoms with E-state index in [2.05, 4.69) is 19.8 Å². The Hall–Kier alpha value is -2.20. The molecule has 0 atom stereocenters. The Morgan fingerprint density at radius 3 is 2.88 bits per heavy atom. The number of rotatable bonds is 5. The van der Waals surface area contributed by atoms with E-state index in [9.17, 15) is 17.2 Å². The predicted molar refractivity (Wildman–Crippen MR) is 84.9 cm³/mol. The number of hydrogen-bond acceptors (Lipinski definition) is 4. The Morgan fingerprint density at radius 2 is 2.17 bits per heavy atom. The fourth-order valence-electron chi connectivity index (χ4n) is 2.24. The molecule has 0 amide bonds. The van der Waals surface area contributed by atoms with Crippen LogP contribution in [0.2, 0.25) is 5.02 Å². The Morgan fingerprint density at radius 1 is 1.42 bits per heavy atom. The van der Waals surface area contributed by atoms with Gasteiger partial charge < -0.3 is 4.98 Å². The fraction of sp³-hybridized carbons (Fsp3) is 0.231. The first-order chi connectivity index (χ1) is 11.3. The van der Waals surface area contributed by atoms with Gasteiger partial charge in [0.2, 0.25) is 0 Å². The van der Waals surface area contributed by atoms with Crippen LogP contribution in [0.4, 0.5) is 14.5 Å². The standard InChI is InChI=1S/C13H12ClF2N5O2S/c1-7-10(4-19-21(7)6-12(15)16)20-24(22,23)11-5-18-13-9(11)2-8(14)3-17-13/h2-5,12,20H,6H2,1H3,(H,17,18). The van der Waals surface area contributed by atoms with E-state index in [1.807, 2.05) is 0 Å². The number of anilines is 1. The van der Waals surface area contributed by atoms with E-state index in [0.29, 0.717) is 16.1 Å². The molecular formula is C13H12ClF2N5O2S. The van der Waals surface area contributed by atoms with E-state index in [4.69, 9.17) is 11.6 Å². The van der Waals surface area contributed by atoms with Crippen molar-refractivity contribution in [1.29, 1.82) is 0 Å². The van der Waals surface area contributed by atoms with Gasteiger partial charge in [-0.1, -0.05) is 11.6 Å². The number of aromatic nitrogens is 4. The number of aromatic amines is 1. The molecule has 24 heavy (non-hydrogen) atoms. The molecule has 3 aromatic rings. The average Bonchev–Trinajstić information content (AvgIpc) is 3.05. The minimum absolute atomic E-state index is 0.0477. The first kappa shape index (κ1) is 16.7. The van der Waals surface area contributed by atoms with Crippen molar-refractivity contribution in [2.45, 2.75) is 24.8 Å². The average molecular weight is 376 g/mol. The Balaban J connectivity index is 1.96. The van der Waals surface area contributed by atoms with Gasteiger partial charge in [-0.2, -0.15) is 5.10 Å². The number of sulfonamides is 1. The molecule has 0 aliphatic heterocycles. The highest BCUT2D eigenvalue weighted by molar-refractivity contribution is 7.93. The van der Waals surface area contributed by atoms with E-state index in [1.54, 1.807) is 0 Å². The number of nitrogens with zero attached hydrogens (tertiary/aromatic N) is 3. The van der Waals surface area contributed by atoms with Crippen molar-refractivity contribution >= 4 is 38.3 Å². The van der Waals surface area contributed by atoms with Gasteiger partial charge in [0.15, 0.2) is 0 Å². The predicted octanol–water partition coefficient (Wildman–Crippen LogP) is 2.79. The molecule has 0 aliphatic rings. The van der Waals surface area contributed by atoms with Gasteiger partial charge in [0.05, 0.1) is 22.6 Å². The summed E-state index contributed by atoms with van der Waals surface area (Å²) in [5.41, 5.74) is 0.778. The van der Waals surface area contributed by atoms with Crippen molar-refractivity contribution in [3.05, 3.63) is 35.4 Å². The SMILES string of the molecule is Cc1c(NS(=O)(=O)c2c[nH]c3ncc(Cl)cc23)cnn1CC(F)F. The summed E-state index contributed by atoms with van der Waals surface area (Å²) >= 11 is 5.86. The summed E-state index contributed by atoms with van der Waals surface area (Å²) in [6.45, 7) is 0.890. The van der Waals surface area contributed by atoms with Crippen molar-refractivity contribution in [2.24, 2.45) is 0 Å². The molecule has 0 aromatic carbocycles. The highest BCUT2D eigenvalue weighted by Crippen LogP contribution is 2.26. The first-order valence-electron chi connectivity index (χ1n) is 6.74. The molecule has 0 aliphatic carbocycles. The number of pyridine rings is 1. The van der Waals surface area contributed by atoms with Crippen LogP contribution in [-0.4, -0.2) is 34.6 Å². The van der Waals surface area contributed by atoms with Crippen LogP contribution in [-0.2, 0) is 16.6 Å². The molecule has 3 aromatic heterocycles. The molecule has 0 fully saturated rings. The molecule has 0 unspecified atom stereocenters. The summed E-state index contributed by atoms with van der Waals surface area (Å²) in [4.78, 5) is 6.69. The van der Waals surface area contributed by atoms with Gasteiger partial charge in [-0.25, -0.2) is 22.2 Å². The molecule has 7 nitrogen and oxygen atoms in total. The Bertz CT molecular complexity index is 999.